The molecule has 2 N–H and O–H groups in total. The molecule has 2 aromatic rings. The highest BCUT2D eigenvalue weighted by atomic mass is 35.5. The molecule has 0 saturated heterocycles. The van der Waals surface area contributed by atoms with Gasteiger partial charge in [-0.1, -0.05) is 41.9 Å². The molecule has 1 aliphatic heterocycles. The predicted octanol–water partition coefficient (Wildman–Crippen LogP) is 4.51. The second-order valence-electron chi connectivity index (χ2n) is 5.33. The number of nitrogens with two attached hydrogens (primary N) is 1. The molecule has 3 rings (SSSR count). The molecule has 0 saturated carbocycles. The van der Waals surface area contributed by atoms with Crippen LogP contribution in [0.3, 0.4) is 0 Å². The molecule has 0 spiro atoms. The lowest BCUT2D eigenvalue weighted by Crippen LogP contribution is -2.24. The van der Waals surface area contributed by atoms with Gasteiger partial charge in [0.25, 0.3) is 0 Å². The van der Waals surface area contributed by atoms with Crippen molar-refractivity contribution in [3.05, 3.63) is 69.2 Å². The number of halogens is 1. The first-order chi connectivity index (χ1) is 10.7. The molecule has 1 unspecified atom stereocenters. The predicted molar refractivity (Wildman–Crippen MR) is 91.5 cm³/mol. The molecular weight excluding hydrogens is 316 g/mol. The van der Waals surface area contributed by atoms with E-state index in [0.29, 0.717) is 5.88 Å². The van der Waals surface area contributed by atoms with Crippen LogP contribution >= 0.6 is 22.9 Å². The van der Waals surface area contributed by atoms with Crippen molar-refractivity contribution >= 4 is 22.9 Å². The van der Waals surface area contributed by atoms with E-state index in [2.05, 4.69) is 24.3 Å². The molecule has 0 amide bonds. The van der Waals surface area contributed by atoms with Gasteiger partial charge in [-0.25, -0.2) is 0 Å². The number of nitrogens with zero attached hydrogens (tertiary/aromatic N) is 1. The fourth-order valence-corrected chi connectivity index (χ4v) is 3.73. The van der Waals surface area contributed by atoms with Crippen LogP contribution in [0.1, 0.15) is 29.3 Å². The molecule has 2 heterocycles. The fourth-order valence-electron chi connectivity index (χ4n) is 2.60. The first-order valence-corrected chi connectivity index (χ1v) is 8.63. The monoisotopic (exact) mass is 334 g/mol. The van der Waals surface area contributed by atoms with E-state index in [1.54, 1.807) is 11.3 Å². The highest BCUT2D eigenvalue weighted by Crippen LogP contribution is 2.35. The van der Waals surface area contributed by atoms with Crippen molar-refractivity contribution in [3.63, 3.8) is 0 Å². The summed E-state index contributed by atoms with van der Waals surface area (Å²) in [5.41, 5.74) is 7.20. The summed E-state index contributed by atoms with van der Waals surface area (Å²) in [6.45, 7) is 0.851. The van der Waals surface area contributed by atoms with Crippen LogP contribution in [-0.4, -0.2) is 11.6 Å². The number of aryl methyl sites for hydroxylation is 1. The number of thiophene rings is 1. The van der Waals surface area contributed by atoms with Gasteiger partial charge in [0.15, 0.2) is 0 Å². The van der Waals surface area contributed by atoms with Crippen LogP contribution in [0.15, 0.2) is 54.4 Å². The third kappa shape index (κ3) is 3.83. The van der Waals surface area contributed by atoms with Crippen LogP contribution in [0.2, 0.25) is 4.34 Å². The number of hydroxylamine groups is 2. The molecule has 1 aliphatic rings. The van der Waals surface area contributed by atoms with Crippen molar-refractivity contribution in [3.8, 4) is 0 Å². The molecule has 5 heteroatoms. The zero-order valence-corrected chi connectivity index (χ0v) is 13.8. The Bertz CT molecular complexity index is 641. The Balaban J connectivity index is 1.51. The van der Waals surface area contributed by atoms with Crippen molar-refractivity contribution in [1.29, 1.82) is 0 Å². The third-order valence-electron chi connectivity index (χ3n) is 3.68. The Labute approximate surface area is 139 Å². The normalized spacial score (nSPS) is 18.2. The SMILES string of the molecule is NC1=CC(c2ccc(Cl)s2)N(CCCCc2ccccc2)O1. The summed E-state index contributed by atoms with van der Waals surface area (Å²) in [7, 11) is 0. The van der Waals surface area contributed by atoms with E-state index in [1.165, 1.54) is 5.56 Å². The maximum atomic E-state index is 6.02. The van der Waals surface area contributed by atoms with Gasteiger partial charge in [0.2, 0.25) is 5.88 Å². The van der Waals surface area contributed by atoms with Crippen molar-refractivity contribution < 1.29 is 4.84 Å². The minimum absolute atomic E-state index is 0.0780. The maximum Gasteiger partial charge on any atom is 0.207 e. The van der Waals surface area contributed by atoms with Crippen molar-refractivity contribution in [2.45, 2.75) is 25.3 Å². The first kappa shape index (κ1) is 15.4. The zero-order valence-electron chi connectivity index (χ0n) is 12.2. The fraction of sp³-hybridized carbons (Fsp3) is 0.294. The molecule has 1 atom stereocenters. The Morgan fingerprint density at radius 1 is 1.14 bits per heavy atom. The minimum Gasteiger partial charge on any atom is -0.388 e. The van der Waals surface area contributed by atoms with E-state index in [4.69, 9.17) is 22.2 Å². The quantitative estimate of drug-likeness (QED) is 0.790. The molecule has 0 bridgehead atoms. The highest BCUT2D eigenvalue weighted by Gasteiger charge is 2.28. The lowest BCUT2D eigenvalue weighted by Gasteiger charge is -2.21. The van der Waals surface area contributed by atoms with Crippen LogP contribution in [0.4, 0.5) is 0 Å². The Morgan fingerprint density at radius 3 is 2.68 bits per heavy atom. The van der Waals surface area contributed by atoms with Crippen LogP contribution in [0.5, 0.6) is 0 Å². The highest BCUT2D eigenvalue weighted by molar-refractivity contribution is 7.16. The van der Waals surface area contributed by atoms with Crippen LogP contribution < -0.4 is 5.73 Å². The molecule has 1 aromatic carbocycles. The van der Waals surface area contributed by atoms with Gasteiger partial charge in [-0.2, -0.15) is 0 Å². The largest absolute Gasteiger partial charge is 0.388 e. The van der Waals surface area contributed by atoms with Gasteiger partial charge in [-0.15, -0.1) is 16.4 Å². The summed E-state index contributed by atoms with van der Waals surface area (Å²) in [6.07, 6.45) is 5.22. The van der Waals surface area contributed by atoms with E-state index in [-0.39, 0.29) is 6.04 Å². The summed E-state index contributed by atoms with van der Waals surface area (Å²) in [5.74, 6) is 0.470. The number of rotatable bonds is 6. The summed E-state index contributed by atoms with van der Waals surface area (Å²) < 4.78 is 0.790. The van der Waals surface area contributed by atoms with E-state index >= 15 is 0 Å². The molecular formula is C17H19ClN2OS. The third-order valence-corrected chi connectivity index (χ3v) is 4.98. The average molecular weight is 335 g/mol. The number of hydrogen-bond donors (Lipinski definition) is 1. The van der Waals surface area contributed by atoms with E-state index in [1.807, 2.05) is 29.3 Å². The van der Waals surface area contributed by atoms with Gasteiger partial charge >= 0.3 is 0 Å². The van der Waals surface area contributed by atoms with E-state index in [9.17, 15) is 0 Å². The molecule has 3 nitrogen and oxygen atoms in total. The molecule has 1 aromatic heterocycles. The van der Waals surface area contributed by atoms with Crippen LogP contribution in [0, 0.1) is 0 Å². The second kappa shape index (κ2) is 7.18. The first-order valence-electron chi connectivity index (χ1n) is 7.43. The molecule has 116 valence electrons. The van der Waals surface area contributed by atoms with E-state index in [0.717, 1.165) is 35.0 Å². The smallest absolute Gasteiger partial charge is 0.207 e. The van der Waals surface area contributed by atoms with E-state index < -0.39 is 0 Å². The lowest BCUT2D eigenvalue weighted by atomic mass is 10.1. The maximum absolute atomic E-state index is 6.02. The van der Waals surface area contributed by atoms with Crippen molar-refractivity contribution in [2.75, 3.05) is 6.54 Å². The summed E-state index contributed by atoms with van der Waals surface area (Å²) in [5, 5.41) is 1.95. The number of hydrogen-bond acceptors (Lipinski definition) is 4. The average Bonchev–Trinajstić information content (AvgIpc) is 3.10. The van der Waals surface area contributed by atoms with Crippen molar-refractivity contribution in [1.82, 2.24) is 5.06 Å². The molecule has 22 heavy (non-hydrogen) atoms. The van der Waals surface area contributed by atoms with Crippen LogP contribution in [-0.2, 0) is 11.3 Å². The van der Waals surface area contributed by atoms with Gasteiger partial charge in [-0.3, -0.25) is 0 Å². The Hall–Kier alpha value is -1.49. The van der Waals surface area contributed by atoms with Gasteiger partial charge in [0.1, 0.15) is 6.04 Å². The van der Waals surface area contributed by atoms with Gasteiger partial charge < -0.3 is 10.6 Å². The van der Waals surface area contributed by atoms with Gasteiger partial charge in [0, 0.05) is 17.5 Å². The second-order valence-corrected chi connectivity index (χ2v) is 7.08. The number of unbranched alkanes of at least 4 members (excludes halogenated alkanes) is 1. The topological polar surface area (TPSA) is 38.5 Å². The Kier molecular flexibility index (Phi) is 5.03. The summed E-state index contributed by atoms with van der Waals surface area (Å²) in [4.78, 5) is 6.79. The Morgan fingerprint density at radius 2 is 1.95 bits per heavy atom. The standard InChI is InChI=1S/C17H19ClN2OS/c18-16-10-9-15(22-16)14-12-17(19)21-20(14)11-5-4-8-13-6-2-1-3-7-13/h1-3,6-7,9-10,12,14H,4-5,8,11,19H2. The minimum atomic E-state index is 0.0780. The molecule has 0 radical (unpaired) electrons. The summed E-state index contributed by atoms with van der Waals surface area (Å²) >= 11 is 7.60. The number of benzene rings is 1. The molecule has 0 fully saturated rings. The van der Waals surface area contributed by atoms with Crippen molar-refractivity contribution in [2.24, 2.45) is 5.73 Å². The van der Waals surface area contributed by atoms with Gasteiger partial charge in [-0.05, 0) is 37.0 Å². The lowest BCUT2D eigenvalue weighted by molar-refractivity contribution is -0.119. The molecule has 0 aliphatic carbocycles. The van der Waals surface area contributed by atoms with Gasteiger partial charge in [0.05, 0.1) is 4.34 Å². The zero-order chi connectivity index (χ0) is 15.4. The van der Waals surface area contributed by atoms with Crippen LogP contribution in [0.25, 0.3) is 0 Å². The summed E-state index contributed by atoms with van der Waals surface area (Å²) in [6, 6.07) is 14.6.